The first kappa shape index (κ1) is 9.21. The minimum absolute atomic E-state index is 0.0621. The highest BCUT2D eigenvalue weighted by Gasteiger charge is 2.06. The highest BCUT2D eigenvalue weighted by molar-refractivity contribution is 14.1. The van der Waals surface area contributed by atoms with Crippen LogP contribution in [0.4, 0.5) is 14.5 Å². The van der Waals surface area contributed by atoms with Crippen LogP contribution in [0, 0.1) is 15.2 Å². The minimum atomic E-state index is -0.724. The Bertz CT molecular complexity index is 337. The zero-order valence-corrected chi connectivity index (χ0v) is 7.79. The molecule has 0 unspecified atom stereocenters. The van der Waals surface area contributed by atoms with Crippen molar-refractivity contribution in [2.75, 3.05) is 0 Å². The molecule has 0 amide bonds. The number of benzene rings is 1. The van der Waals surface area contributed by atoms with Gasteiger partial charge in [-0.2, -0.15) is 0 Å². The van der Waals surface area contributed by atoms with E-state index in [2.05, 4.69) is 10.0 Å². The molecule has 0 heterocycles. The van der Waals surface area contributed by atoms with Gasteiger partial charge in [0.2, 0.25) is 0 Å². The van der Waals surface area contributed by atoms with E-state index in [0.717, 1.165) is 12.1 Å². The third-order valence-corrected chi connectivity index (χ3v) is 2.16. The molecule has 6 heteroatoms. The highest BCUT2D eigenvalue weighted by Crippen LogP contribution is 2.22. The molecule has 1 aromatic carbocycles. The summed E-state index contributed by atoms with van der Waals surface area (Å²) in [5.41, 5.74) is 7.92. The summed E-state index contributed by atoms with van der Waals surface area (Å²) in [6, 6.07) is 1.95. The van der Waals surface area contributed by atoms with Crippen molar-refractivity contribution in [3.63, 3.8) is 0 Å². The fourth-order valence-electron chi connectivity index (χ4n) is 0.652. The third kappa shape index (κ3) is 1.83. The molecule has 0 fully saturated rings. The van der Waals surface area contributed by atoms with Crippen molar-refractivity contribution in [1.82, 2.24) is 0 Å². The number of nitrogens with zero attached hydrogens (tertiary/aromatic N) is 3. The van der Waals surface area contributed by atoms with E-state index in [1.54, 1.807) is 0 Å². The Balaban J connectivity index is 3.30. The molecule has 3 nitrogen and oxygen atoms in total. The van der Waals surface area contributed by atoms with Gasteiger partial charge in [0, 0.05) is 10.6 Å². The molecule has 1 rings (SSSR count). The number of rotatable bonds is 1. The first-order valence-electron chi connectivity index (χ1n) is 2.85. The number of azide groups is 1. The van der Waals surface area contributed by atoms with Gasteiger partial charge in [0.1, 0.15) is 11.6 Å². The quantitative estimate of drug-likeness (QED) is 0.249. The normalized spacial score (nSPS) is 9.25. The van der Waals surface area contributed by atoms with E-state index in [1.165, 1.54) is 22.6 Å². The lowest BCUT2D eigenvalue weighted by molar-refractivity contribution is 0.571. The summed E-state index contributed by atoms with van der Waals surface area (Å²) in [6.45, 7) is 0. The maximum atomic E-state index is 12.7. The SMILES string of the molecule is [N-]=[N+]=Nc1cc(F)c(I)c(F)c1. The van der Waals surface area contributed by atoms with Crippen LogP contribution in [-0.4, -0.2) is 0 Å². The molecule has 0 atom stereocenters. The molecule has 0 saturated carbocycles. The van der Waals surface area contributed by atoms with E-state index in [0.29, 0.717) is 0 Å². The van der Waals surface area contributed by atoms with Gasteiger partial charge in [-0.1, -0.05) is 5.11 Å². The van der Waals surface area contributed by atoms with E-state index in [-0.39, 0.29) is 9.26 Å². The second-order valence-corrected chi connectivity index (χ2v) is 2.99. The molecule has 0 radical (unpaired) electrons. The van der Waals surface area contributed by atoms with Crippen LogP contribution in [0.25, 0.3) is 10.4 Å². The molecule has 62 valence electrons. The van der Waals surface area contributed by atoms with Crippen LogP contribution in [0.2, 0.25) is 0 Å². The van der Waals surface area contributed by atoms with Crippen molar-refractivity contribution >= 4 is 28.3 Å². The molecule has 1 aromatic rings. The second kappa shape index (κ2) is 3.68. The summed E-state index contributed by atoms with van der Waals surface area (Å²) in [4.78, 5) is 2.41. The molecule has 0 aliphatic carbocycles. The maximum Gasteiger partial charge on any atom is 0.139 e. The van der Waals surface area contributed by atoms with Gasteiger partial charge in [0.25, 0.3) is 0 Å². The van der Waals surface area contributed by atoms with Crippen molar-refractivity contribution in [2.45, 2.75) is 0 Å². The van der Waals surface area contributed by atoms with Gasteiger partial charge in [0.05, 0.1) is 3.57 Å². The van der Waals surface area contributed by atoms with E-state index < -0.39 is 11.6 Å². The Morgan fingerprint density at radius 3 is 2.25 bits per heavy atom. The van der Waals surface area contributed by atoms with Gasteiger partial charge < -0.3 is 0 Å². The zero-order valence-electron chi connectivity index (χ0n) is 5.63. The van der Waals surface area contributed by atoms with Crippen LogP contribution >= 0.6 is 22.6 Å². The molecule has 0 spiro atoms. The summed E-state index contributed by atoms with van der Waals surface area (Å²) in [7, 11) is 0. The van der Waals surface area contributed by atoms with Crippen LogP contribution in [0.15, 0.2) is 17.2 Å². The van der Waals surface area contributed by atoms with Crippen LogP contribution in [-0.2, 0) is 0 Å². The summed E-state index contributed by atoms with van der Waals surface area (Å²) in [6.07, 6.45) is 0. The average molecular weight is 281 g/mol. The summed E-state index contributed by atoms with van der Waals surface area (Å²) in [5.74, 6) is -1.45. The monoisotopic (exact) mass is 281 g/mol. The lowest BCUT2D eigenvalue weighted by Gasteiger charge is -1.97. The minimum Gasteiger partial charge on any atom is -0.206 e. The van der Waals surface area contributed by atoms with E-state index in [4.69, 9.17) is 5.53 Å². The molecular formula is C6H2F2IN3. The number of hydrogen-bond donors (Lipinski definition) is 0. The number of hydrogen-bond acceptors (Lipinski definition) is 1. The summed E-state index contributed by atoms with van der Waals surface area (Å²) < 4.78 is 25.4. The van der Waals surface area contributed by atoms with E-state index in [9.17, 15) is 8.78 Å². The average Bonchev–Trinajstić information content (AvgIpc) is 2.01. The first-order chi connectivity index (χ1) is 5.65. The van der Waals surface area contributed by atoms with E-state index >= 15 is 0 Å². The lowest BCUT2D eigenvalue weighted by atomic mass is 10.3. The van der Waals surface area contributed by atoms with Crippen molar-refractivity contribution in [2.24, 2.45) is 5.11 Å². The maximum absolute atomic E-state index is 12.7. The summed E-state index contributed by atoms with van der Waals surface area (Å²) in [5, 5.41) is 3.07. The van der Waals surface area contributed by atoms with Crippen LogP contribution < -0.4 is 0 Å². The van der Waals surface area contributed by atoms with Gasteiger partial charge in [-0.05, 0) is 40.3 Å². The Kier molecular flexibility index (Phi) is 2.83. The van der Waals surface area contributed by atoms with Gasteiger partial charge in [-0.15, -0.1) is 0 Å². The zero-order chi connectivity index (χ0) is 9.14. The molecular weight excluding hydrogens is 279 g/mol. The highest BCUT2D eigenvalue weighted by atomic mass is 127. The molecule has 0 bridgehead atoms. The second-order valence-electron chi connectivity index (χ2n) is 1.91. The lowest BCUT2D eigenvalue weighted by Crippen LogP contribution is -1.86. The largest absolute Gasteiger partial charge is 0.206 e. The topological polar surface area (TPSA) is 48.8 Å². The summed E-state index contributed by atoms with van der Waals surface area (Å²) >= 11 is 1.53. The molecule has 0 saturated heterocycles. The molecule has 0 aromatic heterocycles. The smallest absolute Gasteiger partial charge is 0.139 e. The Morgan fingerprint density at radius 1 is 1.33 bits per heavy atom. The Labute approximate surface area is 80.2 Å². The van der Waals surface area contributed by atoms with Crippen molar-refractivity contribution in [3.8, 4) is 0 Å². The Morgan fingerprint density at radius 2 is 1.83 bits per heavy atom. The first-order valence-corrected chi connectivity index (χ1v) is 3.92. The molecule has 0 aliphatic rings. The van der Waals surface area contributed by atoms with Crippen LogP contribution in [0.3, 0.4) is 0 Å². The van der Waals surface area contributed by atoms with Crippen molar-refractivity contribution in [3.05, 3.63) is 37.8 Å². The third-order valence-electron chi connectivity index (χ3n) is 1.13. The van der Waals surface area contributed by atoms with Gasteiger partial charge in [-0.25, -0.2) is 8.78 Å². The predicted octanol–water partition coefficient (Wildman–Crippen LogP) is 3.51. The Hall–Kier alpha value is -0.880. The van der Waals surface area contributed by atoms with E-state index in [1.807, 2.05) is 0 Å². The van der Waals surface area contributed by atoms with Crippen molar-refractivity contribution < 1.29 is 8.78 Å². The molecule has 0 N–H and O–H groups in total. The number of halogens is 3. The van der Waals surface area contributed by atoms with Gasteiger partial charge >= 0.3 is 0 Å². The van der Waals surface area contributed by atoms with Crippen LogP contribution in [0.1, 0.15) is 0 Å². The fraction of sp³-hybridized carbons (Fsp3) is 0. The van der Waals surface area contributed by atoms with Crippen LogP contribution in [0.5, 0.6) is 0 Å². The van der Waals surface area contributed by atoms with Gasteiger partial charge in [0.15, 0.2) is 0 Å². The predicted molar refractivity (Wildman–Crippen MR) is 47.9 cm³/mol. The molecule has 0 aliphatic heterocycles. The molecule has 12 heavy (non-hydrogen) atoms. The fourth-order valence-corrected chi connectivity index (χ4v) is 0.963. The van der Waals surface area contributed by atoms with Crippen molar-refractivity contribution in [1.29, 1.82) is 0 Å². The standard InChI is InChI=1S/C6H2F2IN3/c7-4-1-3(11-12-10)2-5(8)6(4)9/h1-2H. The van der Waals surface area contributed by atoms with Gasteiger partial charge in [-0.3, -0.25) is 0 Å².